The van der Waals surface area contributed by atoms with Crippen molar-refractivity contribution in [3.05, 3.63) is 69.8 Å². The van der Waals surface area contributed by atoms with Crippen molar-refractivity contribution in [3.63, 3.8) is 0 Å². The minimum absolute atomic E-state index is 0.0488. The SMILES string of the molecule is CC1=Cc2cc3[nH]c(cc3C)cc3[nH]c4cc5nc(cc1n2)C(C)=C5CCC(=O)OCCOC(=O)CCc4c3C. The molecule has 0 saturated carbocycles. The Labute approximate surface area is 232 Å². The van der Waals surface area contributed by atoms with E-state index in [-0.39, 0.29) is 38.0 Å². The summed E-state index contributed by atoms with van der Waals surface area (Å²) in [5.74, 6) is -0.651. The number of ether oxygens (including phenoxy) is 2. The number of esters is 2. The van der Waals surface area contributed by atoms with Crippen LogP contribution in [0, 0.1) is 13.8 Å². The number of aryl methyl sites for hydroxylation is 3. The lowest BCUT2D eigenvalue weighted by atomic mass is 10.00. The number of aromatic nitrogens is 4. The van der Waals surface area contributed by atoms with Gasteiger partial charge in [-0.05, 0) is 110 Å². The van der Waals surface area contributed by atoms with E-state index in [2.05, 4.69) is 55.0 Å². The van der Waals surface area contributed by atoms with E-state index in [1.54, 1.807) is 0 Å². The Balaban J connectivity index is 1.66. The van der Waals surface area contributed by atoms with Crippen molar-refractivity contribution >= 4 is 56.8 Å². The molecule has 3 aromatic heterocycles. The van der Waals surface area contributed by atoms with Crippen LogP contribution in [-0.2, 0) is 25.5 Å². The number of rotatable bonds is 0. The van der Waals surface area contributed by atoms with E-state index >= 15 is 0 Å². The Bertz CT molecular complexity index is 1790. The number of cyclic esters (lactones) is 2. The second-order valence-corrected chi connectivity index (χ2v) is 10.6. The lowest BCUT2D eigenvalue weighted by Gasteiger charge is -2.07. The van der Waals surface area contributed by atoms with Gasteiger partial charge >= 0.3 is 11.9 Å². The monoisotopic (exact) mass is 536 g/mol. The van der Waals surface area contributed by atoms with Crippen LogP contribution < -0.4 is 0 Å². The average Bonchev–Trinajstić information content (AvgIpc) is 3.60. The van der Waals surface area contributed by atoms with Crippen LogP contribution in [0.3, 0.4) is 0 Å². The molecule has 8 nitrogen and oxygen atoms in total. The normalized spacial score (nSPS) is 16.4. The van der Waals surface area contributed by atoms with Gasteiger partial charge in [0.05, 0.1) is 22.8 Å². The van der Waals surface area contributed by atoms with Gasteiger partial charge in [-0.25, -0.2) is 9.97 Å². The van der Waals surface area contributed by atoms with Gasteiger partial charge in [0, 0.05) is 34.9 Å². The third-order valence-electron chi connectivity index (χ3n) is 7.85. The molecule has 0 aliphatic carbocycles. The first-order valence-corrected chi connectivity index (χ1v) is 13.7. The molecule has 40 heavy (non-hydrogen) atoms. The fourth-order valence-electron chi connectivity index (χ4n) is 5.56. The zero-order valence-corrected chi connectivity index (χ0v) is 23.2. The summed E-state index contributed by atoms with van der Waals surface area (Å²) in [5.41, 5.74) is 13.5. The van der Waals surface area contributed by atoms with Crippen LogP contribution in [0.25, 0.3) is 44.9 Å². The van der Waals surface area contributed by atoms with Crippen molar-refractivity contribution in [2.24, 2.45) is 0 Å². The van der Waals surface area contributed by atoms with Gasteiger partial charge in [-0.15, -0.1) is 0 Å². The summed E-state index contributed by atoms with van der Waals surface area (Å²) in [7, 11) is 0. The Kier molecular flexibility index (Phi) is 6.62. The molecular formula is C32H32N4O4. The number of H-pyrrole nitrogens is 2. The molecule has 0 aromatic carbocycles. The minimum atomic E-state index is -0.330. The number of nitrogens with zero attached hydrogens (tertiary/aromatic N) is 2. The van der Waals surface area contributed by atoms with E-state index in [9.17, 15) is 9.59 Å². The second kappa shape index (κ2) is 10.3. The zero-order valence-electron chi connectivity index (χ0n) is 23.2. The molecular weight excluding hydrogens is 504 g/mol. The number of hydrogen-bond acceptors (Lipinski definition) is 6. The molecule has 0 spiro atoms. The summed E-state index contributed by atoms with van der Waals surface area (Å²) in [4.78, 5) is 42.0. The summed E-state index contributed by atoms with van der Waals surface area (Å²) < 4.78 is 10.6. The van der Waals surface area contributed by atoms with Crippen molar-refractivity contribution in [3.8, 4) is 0 Å². The quantitative estimate of drug-likeness (QED) is 0.329. The van der Waals surface area contributed by atoms with E-state index in [1.165, 1.54) is 0 Å². The molecule has 8 bridgehead atoms. The molecule has 0 atom stereocenters. The molecule has 2 N–H and O–H groups in total. The number of carbonyl (C=O) groups is 2. The third kappa shape index (κ3) is 4.97. The lowest BCUT2D eigenvalue weighted by Crippen LogP contribution is -2.14. The fourth-order valence-corrected chi connectivity index (χ4v) is 5.56. The van der Waals surface area contributed by atoms with Crippen LogP contribution in [0.15, 0.2) is 30.3 Å². The van der Waals surface area contributed by atoms with Gasteiger partial charge in [0.1, 0.15) is 13.2 Å². The standard InChI is InChI=1S/C32H32N4O4/c1-17-11-22-14-27-19(3)23-5-7-31(37)39-9-10-40-32(38)8-6-24-20(4)28(36-30(24)16-29(23)35-27)15-26-18(2)12-21(34-26)13-25(17)33-22/h11-16,33,35H,5-10H2,1-4H3. The summed E-state index contributed by atoms with van der Waals surface area (Å²) in [5, 5.41) is 0. The number of allylic oxidation sites excluding steroid dienone is 3. The summed E-state index contributed by atoms with van der Waals surface area (Å²) >= 11 is 0. The maximum Gasteiger partial charge on any atom is 0.306 e. The Hall–Kier alpha value is -4.46. The molecule has 3 aliphatic rings. The highest BCUT2D eigenvalue weighted by Gasteiger charge is 2.21. The topological polar surface area (TPSA) is 110 Å². The summed E-state index contributed by atoms with van der Waals surface area (Å²) in [6, 6.07) is 10.3. The van der Waals surface area contributed by atoms with Crippen LogP contribution in [0.1, 0.15) is 72.6 Å². The molecule has 3 aliphatic heterocycles. The van der Waals surface area contributed by atoms with Gasteiger partial charge < -0.3 is 19.4 Å². The maximum absolute atomic E-state index is 12.5. The van der Waals surface area contributed by atoms with Gasteiger partial charge in [0.15, 0.2) is 0 Å². The largest absolute Gasteiger partial charge is 0.462 e. The number of aromatic amines is 2. The van der Waals surface area contributed by atoms with E-state index in [1.807, 2.05) is 19.1 Å². The third-order valence-corrected chi connectivity index (χ3v) is 7.85. The molecule has 204 valence electrons. The molecule has 0 unspecified atom stereocenters. The Morgan fingerprint density at radius 2 is 1.45 bits per heavy atom. The molecule has 0 fully saturated rings. The van der Waals surface area contributed by atoms with E-state index in [0.717, 1.165) is 78.3 Å². The van der Waals surface area contributed by atoms with Crippen LogP contribution in [0.5, 0.6) is 0 Å². The Morgan fingerprint density at radius 1 is 0.700 bits per heavy atom. The highest BCUT2D eigenvalue weighted by molar-refractivity contribution is 5.94. The van der Waals surface area contributed by atoms with Crippen LogP contribution in [0.4, 0.5) is 0 Å². The predicted octanol–water partition coefficient (Wildman–Crippen LogP) is 6.24. The number of fused-ring (bicyclic) bond motifs is 6. The Morgan fingerprint density at radius 3 is 2.23 bits per heavy atom. The molecule has 6 rings (SSSR count). The van der Waals surface area contributed by atoms with Crippen molar-refractivity contribution < 1.29 is 19.1 Å². The van der Waals surface area contributed by atoms with Crippen LogP contribution in [-0.4, -0.2) is 45.1 Å². The minimum Gasteiger partial charge on any atom is -0.462 e. The van der Waals surface area contributed by atoms with Gasteiger partial charge in [-0.3, -0.25) is 9.59 Å². The zero-order chi connectivity index (χ0) is 28.0. The average molecular weight is 537 g/mol. The van der Waals surface area contributed by atoms with Gasteiger partial charge in [-0.2, -0.15) is 0 Å². The molecule has 0 saturated heterocycles. The van der Waals surface area contributed by atoms with Gasteiger partial charge in [-0.1, -0.05) is 0 Å². The van der Waals surface area contributed by atoms with E-state index < -0.39 is 0 Å². The second-order valence-electron chi connectivity index (χ2n) is 10.6. The number of carbonyl (C=O) groups excluding carboxylic acids is 2. The predicted molar refractivity (Wildman–Crippen MR) is 156 cm³/mol. The smallest absolute Gasteiger partial charge is 0.306 e. The summed E-state index contributed by atoms with van der Waals surface area (Å²) in [6.45, 7) is 8.35. The van der Waals surface area contributed by atoms with Crippen LogP contribution >= 0.6 is 0 Å². The fraction of sp³-hybridized carbons (Fsp3) is 0.312. The van der Waals surface area contributed by atoms with Crippen molar-refractivity contribution in [1.82, 2.24) is 19.9 Å². The highest BCUT2D eigenvalue weighted by Crippen LogP contribution is 2.35. The molecule has 6 heterocycles. The maximum atomic E-state index is 12.5. The molecule has 0 amide bonds. The molecule has 8 heteroatoms. The van der Waals surface area contributed by atoms with Gasteiger partial charge in [0.25, 0.3) is 0 Å². The van der Waals surface area contributed by atoms with Crippen LogP contribution in [0.2, 0.25) is 0 Å². The number of hydrogen-bond donors (Lipinski definition) is 2. The lowest BCUT2D eigenvalue weighted by molar-refractivity contribution is -0.152. The molecule has 0 radical (unpaired) electrons. The number of nitrogens with one attached hydrogen (secondary N) is 2. The first kappa shape index (κ1) is 25.8. The first-order valence-electron chi connectivity index (χ1n) is 13.7. The van der Waals surface area contributed by atoms with Gasteiger partial charge in [0.2, 0.25) is 0 Å². The first-order chi connectivity index (χ1) is 19.2. The van der Waals surface area contributed by atoms with Crippen molar-refractivity contribution in [2.45, 2.75) is 53.4 Å². The van der Waals surface area contributed by atoms with E-state index in [4.69, 9.17) is 19.4 Å². The summed E-state index contributed by atoms with van der Waals surface area (Å²) in [6.07, 6.45) is 3.50. The van der Waals surface area contributed by atoms with Crippen molar-refractivity contribution in [2.75, 3.05) is 13.2 Å². The van der Waals surface area contributed by atoms with Crippen molar-refractivity contribution in [1.29, 1.82) is 0 Å². The van der Waals surface area contributed by atoms with E-state index in [0.29, 0.717) is 12.8 Å². The highest BCUT2D eigenvalue weighted by atomic mass is 16.6. The molecule has 3 aromatic rings.